The van der Waals surface area contributed by atoms with Gasteiger partial charge in [-0.2, -0.15) is 0 Å². The van der Waals surface area contributed by atoms with E-state index in [0.717, 1.165) is 59.0 Å². The van der Waals surface area contributed by atoms with Crippen LogP contribution in [0.4, 0.5) is 9.59 Å². The van der Waals surface area contributed by atoms with Crippen molar-refractivity contribution < 1.29 is 33.3 Å². The van der Waals surface area contributed by atoms with Gasteiger partial charge in [-0.05, 0) is 114 Å². The number of carbonyl (C=O) groups is 3. The number of carbonyl (C=O) groups excluding carboxylic acids is 3. The average molecular weight is 781 g/mol. The van der Waals surface area contributed by atoms with Crippen molar-refractivity contribution in [1.82, 2.24) is 19.7 Å². The van der Waals surface area contributed by atoms with Gasteiger partial charge in [0.15, 0.2) is 0 Å². The van der Waals surface area contributed by atoms with E-state index in [1.807, 2.05) is 65.8 Å². The topological polar surface area (TPSA) is 112 Å². The lowest BCUT2D eigenvalue weighted by atomic mass is 9.79. The fourth-order valence-corrected chi connectivity index (χ4v) is 7.60. The highest BCUT2D eigenvalue weighted by Gasteiger charge is 2.43. The summed E-state index contributed by atoms with van der Waals surface area (Å²) in [5, 5.41) is 3.87. The molecule has 2 aliphatic rings. The molecule has 2 fully saturated rings. The van der Waals surface area contributed by atoms with Gasteiger partial charge in [-0.3, -0.25) is 4.79 Å². The van der Waals surface area contributed by atoms with E-state index in [1.165, 1.54) is 0 Å². The highest BCUT2D eigenvalue weighted by molar-refractivity contribution is 5.86. The number of piperidine rings is 1. The molecule has 11 heteroatoms. The Kier molecular flexibility index (Phi) is 13.2. The molecular formula is C46H60N4O7. The maximum Gasteiger partial charge on any atom is 0.410 e. The molecule has 57 heavy (non-hydrogen) atoms. The first-order chi connectivity index (χ1) is 27.2. The molecule has 1 aliphatic heterocycles. The Bertz CT molecular complexity index is 1990. The highest BCUT2D eigenvalue weighted by Crippen LogP contribution is 2.40. The fourth-order valence-electron chi connectivity index (χ4n) is 7.60. The van der Waals surface area contributed by atoms with Gasteiger partial charge in [-0.25, -0.2) is 9.59 Å². The number of rotatable bonds is 14. The van der Waals surface area contributed by atoms with Crippen LogP contribution in [0.25, 0.3) is 22.0 Å². The second-order valence-corrected chi connectivity index (χ2v) is 17.3. The highest BCUT2D eigenvalue weighted by atomic mass is 16.6. The summed E-state index contributed by atoms with van der Waals surface area (Å²) in [4.78, 5) is 44.3. The molecule has 1 saturated heterocycles. The molecule has 0 radical (unpaired) electrons. The van der Waals surface area contributed by atoms with Gasteiger partial charge in [0, 0.05) is 63.0 Å². The van der Waals surface area contributed by atoms with Crippen LogP contribution < -0.4 is 10.1 Å². The Morgan fingerprint density at radius 1 is 0.842 bits per heavy atom. The first kappa shape index (κ1) is 41.6. The largest absolute Gasteiger partial charge is 0.492 e. The lowest BCUT2D eigenvalue weighted by Crippen LogP contribution is -2.51. The van der Waals surface area contributed by atoms with E-state index >= 15 is 4.79 Å². The second-order valence-electron chi connectivity index (χ2n) is 17.3. The predicted molar refractivity (Wildman–Crippen MR) is 222 cm³/mol. The van der Waals surface area contributed by atoms with Crippen LogP contribution in [-0.2, 0) is 32.1 Å². The minimum absolute atomic E-state index is 0.0834. The first-order valence-electron chi connectivity index (χ1n) is 20.3. The van der Waals surface area contributed by atoms with Gasteiger partial charge in [-0.1, -0.05) is 54.6 Å². The van der Waals surface area contributed by atoms with Crippen LogP contribution in [-0.4, -0.2) is 89.7 Å². The number of alkyl carbamates (subject to hydrolysis) is 1. The van der Waals surface area contributed by atoms with Gasteiger partial charge in [0.25, 0.3) is 0 Å². The third-order valence-corrected chi connectivity index (χ3v) is 10.4. The maximum absolute atomic E-state index is 15.1. The molecule has 306 valence electrons. The standard InChI is InChI=1S/C46H60N4O7/c1-45(2,3)56-43(52)47-23-27-55-37-20-16-32(17-21-37)33-12-10-13-34(28-33)38-22-25-49(44(53)57-46(4,5)6)31-40(38)42(51)50(36-18-19-36)30-35-29-48(24-11-26-54-7)41-15-9-8-14-39(35)41/h8-10,12-17,20-21,28-29,36,38,40H,11,18-19,22-27,30-31H2,1-7H3,(H,47,52)/t38-,40+/m1/s1. The monoisotopic (exact) mass is 780 g/mol. The number of fused-ring (bicyclic) bond motifs is 1. The molecule has 11 nitrogen and oxygen atoms in total. The Hall–Kier alpha value is -5.03. The lowest BCUT2D eigenvalue weighted by molar-refractivity contribution is -0.139. The van der Waals surface area contributed by atoms with Crippen LogP contribution in [0.2, 0.25) is 0 Å². The number of amides is 3. The number of nitrogens with one attached hydrogen (secondary N) is 1. The fraction of sp³-hybridized carbons (Fsp3) is 0.500. The molecular weight excluding hydrogens is 721 g/mol. The molecule has 0 unspecified atom stereocenters. The van der Waals surface area contributed by atoms with Crippen LogP contribution in [0.5, 0.6) is 5.75 Å². The zero-order chi connectivity index (χ0) is 40.7. The van der Waals surface area contributed by atoms with E-state index in [4.69, 9.17) is 18.9 Å². The van der Waals surface area contributed by atoms with Crippen molar-refractivity contribution in [3.05, 3.63) is 90.1 Å². The van der Waals surface area contributed by atoms with Crippen LogP contribution in [0.1, 0.15) is 84.3 Å². The molecule has 4 aromatic rings. The first-order valence-corrected chi connectivity index (χ1v) is 20.3. The van der Waals surface area contributed by atoms with Gasteiger partial charge in [0.2, 0.25) is 5.91 Å². The second kappa shape index (κ2) is 18.1. The molecule has 1 aromatic heterocycles. The summed E-state index contributed by atoms with van der Waals surface area (Å²) >= 11 is 0. The Labute approximate surface area is 337 Å². The van der Waals surface area contributed by atoms with Gasteiger partial charge >= 0.3 is 12.2 Å². The Morgan fingerprint density at radius 2 is 1.58 bits per heavy atom. The van der Waals surface area contributed by atoms with Crippen molar-refractivity contribution in [2.24, 2.45) is 5.92 Å². The number of benzene rings is 3. The quantitative estimate of drug-likeness (QED) is 0.127. The van der Waals surface area contributed by atoms with E-state index in [0.29, 0.717) is 51.6 Å². The van der Waals surface area contributed by atoms with Crippen LogP contribution in [0.3, 0.4) is 0 Å². The third-order valence-electron chi connectivity index (χ3n) is 10.4. The molecule has 6 rings (SSSR count). The minimum Gasteiger partial charge on any atom is -0.492 e. The molecule has 1 N–H and O–H groups in total. The SMILES string of the molecule is COCCCn1cc(CN(C(=O)[C@H]2CN(C(=O)OC(C)(C)C)CC[C@@H]2c2cccc(-c3ccc(OCCNC(=O)OC(C)(C)C)cc3)c2)C2CC2)c2ccccc21. The van der Waals surface area contributed by atoms with Crippen molar-refractivity contribution in [2.45, 2.75) is 103 Å². The van der Waals surface area contributed by atoms with Gasteiger partial charge in [-0.15, -0.1) is 0 Å². The third kappa shape index (κ3) is 11.3. The zero-order valence-corrected chi connectivity index (χ0v) is 34.7. The molecule has 3 aromatic carbocycles. The summed E-state index contributed by atoms with van der Waals surface area (Å²) in [6, 6.07) is 24.9. The smallest absolute Gasteiger partial charge is 0.410 e. The minimum atomic E-state index is -0.642. The van der Waals surface area contributed by atoms with Gasteiger partial charge in [0.1, 0.15) is 23.6 Å². The number of ether oxygens (including phenoxy) is 4. The number of aromatic nitrogens is 1. The summed E-state index contributed by atoms with van der Waals surface area (Å²) in [5.74, 6) is 0.245. The van der Waals surface area contributed by atoms with Crippen molar-refractivity contribution in [2.75, 3.05) is 40.0 Å². The summed E-state index contributed by atoms with van der Waals surface area (Å²) in [7, 11) is 1.73. The molecule has 0 bridgehead atoms. The predicted octanol–water partition coefficient (Wildman–Crippen LogP) is 8.78. The molecule has 1 saturated carbocycles. The summed E-state index contributed by atoms with van der Waals surface area (Å²) in [6.45, 7) is 14.5. The lowest BCUT2D eigenvalue weighted by Gasteiger charge is -2.40. The van der Waals surface area contributed by atoms with Gasteiger partial charge < -0.3 is 38.6 Å². The van der Waals surface area contributed by atoms with Crippen LogP contribution >= 0.6 is 0 Å². The summed E-state index contributed by atoms with van der Waals surface area (Å²) in [5.41, 5.74) is 4.22. The average Bonchev–Trinajstić information content (AvgIpc) is 3.96. The number of nitrogens with zero attached hydrogens (tertiary/aromatic N) is 3. The van der Waals surface area contributed by atoms with E-state index in [2.05, 4.69) is 69.5 Å². The van der Waals surface area contributed by atoms with E-state index < -0.39 is 23.2 Å². The van der Waals surface area contributed by atoms with Crippen molar-refractivity contribution in [3.63, 3.8) is 0 Å². The number of hydrogen-bond donors (Lipinski definition) is 1. The van der Waals surface area contributed by atoms with Crippen molar-refractivity contribution in [3.8, 4) is 16.9 Å². The van der Waals surface area contributed by atoms with Gasteiger partial charge in [0.05, 0.1) is 12.5 Å². The molecule has 2 heterocycles. The Balaban J connectivity index is 1.21. The van der Waals surface area contributed by atoms with Crippen LogP contribution in [0.15, 0.2) is 79.0 Å². The van der Waals surface area contributed by atoms with Crippen molar-refractivity contribution >= 4 is 29.0 Å². The number of para-hydroxylation sites is 1. The summed E-state index contributed by atoms with van der Waals surface area (Å²) < 4.78 is 24.6. The molecule has 2 atom stereocenters. The maximum atomic E-state index is 15.1. The molecule has 0 spiro atoms. The van der Waals surface area contributed by atoms with E-state index in [-0.39, 0.29) is 24.0 Å². The number of aryl methyl sites for hydroxylation is 1. The Morgan fingerprint density at radius 3 is 2.28 bits per heavy atom. The van der Waals surface area contributed by atoms with Crippen molar-refractivity contribution in [1.29, 1.82) is 0 Å². The zero-order valence-electron chi connectivity index (χ0n) is 34.7. The van der Waals surface area contributed by atoms with E-state index in [9.17, 15) is 9.59 Å². The van der Waals surface area contributed by atoms with Crippen LogP contribution in [0, 0.1) is 5.92 Å². The van der Waals surface area contributed by atoms with E-state index in [1.54, 1.807) is 12.0 Å². The molecule has 1 aliphatic carbocycles. The normalized spacial score (nSPS) is 17.3. The molecule has 3 amide bonds. The number of likely N-dealkylation sites (tertiary alicyclic amines) is 1. The number of hydrogen-bond acceptors (Lipinski definition) is 7. The summed E-state index contributed by atoms with van der Waals surface area (Å²) in [6.07, 6.45) is 4.83. The number of methoxy groups -OCH3 is 1.